The lowest BCUT2D eigenvalue weighted by molar-refractivity contribution is -0.148. The number of likely N-dealkylation sites (tertiary alicyclic amines) is 1. The highest BCUT2D eigenvalue weighted by Crippen LogP contribution is 2.35. The molecule has 5 heteroatoms. The highest BCUT2D eigenvalue weighted by Gasteiger charge is 2.48. The summed E-state index contributed by atoms with van der Waals surface area (Å²) >= 11 is 0. The number of benzene rings is 1. The van der Waals surface area contributed by atoms with E-state index in [1.165, 1.54) is 17.0 Å². The van der Waals surface area contributed by atoms with Gasteiger partial charge in [-0.05, 0) is 31.4 Å². The maximum atomic E-state index is 12.4. The number of carbonyl (C=O) groups is 2. The first kappa shape index (κ1) is 13.4. The van der Waals surface area contributed by atoms with Crippen molar-refractivity contribution >= 4 is 11.9 Å². The molecule has 1 fully saturated rings. The second-order valence-electron chi connectivity index (χ2n) is 4.77. The van der Waals surface area contributed by atoms with E-state index in [4.69, 9.17) is 0 Å². The molecular weight excluding hydrogens is 246 g/mol. The van der Waals surface area contributed by atoms with E-state index in [1.807, 2.05) is 0 Å². The number of phenols is 1. The second kappa shape index (κ2) is 4.91. The van der Waals surface area contributed by atoms with E-state index < -0.39 is 17.4 Å². The van der Waals surface area contributed by atoms with Crippen LogP contribution in [0, 0.1) is 0 Å². The number of nitrogens with zero attached hydrogens (tertiary/aromatic N) is 1. The molecule has 0 spiro atoms. The Bertz CT molecular complexity index is 514. The molecule has 1 aliphatic heterocycles. The van der Waals surface area contributed by atoms with Crippen LogP contribution in [0.1, 0.15) is 36.5 Å². The Morgan fingerprint density at radius 1 is 1.37 bits per heavy atom. The predicted molar refractivity (Wildman–Crippen MR) is 69.0 cm³/mol. The van der Waals surface area contributed by atoms with Crippen LogP contribution < -0.4 is 0 Å². The fraction of sp³-hybridized carbons (Fsp3) is 0.429. The smallest absolute Gasteiger partial charge is 0.329 e. The number of amides is 1. The molecule has 0 aromatic heterocycles. The number of carbonyl (C=O) groups excluding carboxylic acids is 1. The molecule has 102 valence electrons. The topological polar surface area (TPSA) is 77.8 Å². The van der Waals surface area contributed by atoms with Gasteiger partial charge in [-0.25, -0.2) is 4.79 Å². The summed E-state index contributed by atoms with van der Waals surface area (Å²) in [6, 6.07) is 6.22. The summed E-state index contributed by atoms with van der Waals surface area (Å²) in [5.41, 5.74) is -0.984. The molecule has 2 rings (SSSR count). The van der Waals surface area contributed by atoms with Gasteiger partial charge < -0.3 is 15.1 Å². The maximum absolute atomic E-state index is 12.4. The number of carboxylic acids is 1. The fourth-order valence-electron chi connectivity index (χ4n) is 2.72. The lowest BCUT2D eigenvalue weighted by atomic mass is 9.92. The number of rotatable bonds is 3. The largest absolute Gasteiger partial charge is 0.507 e. The molecule has 1 atom stereocenters. The van der Waals surface area contributed by atoms with E-state index in [0.29, 0.717) is 25.8 Å². The van der Waals surface area contributed by atoms with Crippen LogP contribution in [0.25, 0.3) is 0 Å². The summed E-state index contributed by atoms with van der Waals surface area (Å²) < 4.78 is 0. The minimum absolute atomic E-state index is 0.116. The monoisotopic (exact) mass is 263 g/mol. The fourth-order valence-corrected chi connectivity index (χ4v) is 2.72. The number of aliphatic carboxylic acids is 1. The average molecular weight is 263 g/mol. The third kappa shape index (κ3) is 2.05. The standard InChI is InChI=1S/C14H17NO4/c1-2-14(13(18)19)8-5-9-15(14)12(17)10-6-3-4-7-11(10)16/h3-4,6-7,16H,2,5,8-9H2,1H3,(H,18,19). The molecule has 19 heavy (non-hydrogen) atoms. The summed E-state index contributed by atoms with van der Waals surface area (Å²) in [6.07, 6.45) is 1.49. The molecule has 1 aliphatic rings. The van der Waals surface area contributed by atoms with Gasteiger partial charge in [-0.2, -0.15) is 0 Å². The van der Waals surface area contributed by atoms with Crippen LogP contribution in [0.4, 0.5) is 0 Å². The third-order valence-electron chi connectivity index (χ3n) is 3.85. The van der Waals surface area contributed by atoms with Gasteiger partial charge in [0.2, 0.25) is 0 Å². The molecule has 0 radical (unpaired) electrons. The van der Waals surface area contributed by atoms with Crippen LogP contribution in [0.5, 0.6) is 5.75 Å². The van der Waals surface area contributed by atoms with E-state index in [1.54, 1.807) is 19.1 Å². The predicted octanol–water partition coefficient (Wildman–Crippen LogP) is 1.86. The molecule has 1 aromatic rings. The Hall–Kier alpha value is -2.04. The highest BCUT2D eigenvalue weighted by molar-refractivity contribution is 6.00. The molecule has 2 N–H and O–H groups in total. The number of hydrogen-bond acceptors (Lipinski definition) is 3. The maximum Gasteiger partial charge on any atom is 0.329 e. The van der Waals surface area contributed by atoms with Crippen molar-refractivity contribution in [2.24, 2.45) is 0 Å². The molecule has 0 aliphatic carbocycles. The van der Waals surface area contributed by atoms with Crippen molar-refractivity contribution in [1.29, 1.82) is 0 Å². The quantitative estimate of drug-likeness (QED) is 0.872. The van der Waals surface area contributed by atoms with Crippen molar-refractivity contribution in [2.45, 2.75) is 31.7 Å². The van der Waals surface area contributed by atoms with Crippen LogP contribution in [-0.2, 0) is 4.79 Å². The molecule has 5 nitrogen and oxygen atoms in total. The number of hydrogen-bond donors (Lipinski definition) is 2. The zero-order valence-electron chi connectivity index (χ0n) is 10.8. The summed E-state index contributed by atoms with van der Waals surface area (Å²) in [5.74, 6) is -1.51. The zero-order valence-corrected chi connectivity index (χ0v) is 10.8. The van der Waals surface area contributed by atoms with Crippen molar-refractivity contribution in [3.8, 4) is 5.75 Å². The normalized spacial score (nSPS) is 22.5. The molecule has 1 heterocycles. The van der Waals surface area contributed by atoms with Gasteiger partial charge in [-0.1, -0.05) is 19.1 Å². The lowest BCUT2D eigenvalue weighted by Crippen LogP contribution is -2.52. The molecule has 1 aromatic carbocycles. The number of aromatic hydroxyl groups is 1. The van der Waals surface area contributed by atoms with Gasteiger partial charge in [0, 0.05) is 6.54 Å². The van der Waals surface area contributed by atoms with Crippen LogP contribution in [0.3, 0.4) is 0 Å². The summed E-state index contributed by atoms with van der Waals surface area (Å²) in [4.78, 5) is 25.4. The first-order valence-corrected chi connectivity index (χ1v) is 6.36. The average Bonchev–Trinajstić information content (AvgIpc) is 2.83. The zero-order chi connectivity index (χ0) is 14.0. The molecular formula is C14H17NO4. The lowest BCUT2D eigenvalue weighted by Gasteiger charge is -2.34. The van der Waals surface area contributed by atoms with Crippen molar-refractivity contribution in [2.75, 3.05) is 6.54 Å². The second-order valence-corrected chi connectivity index (χ2v) is 4.77. The van der Waals surface area contributed by atoms with Gasteiger partial charge in [0.1, 0.15) is 11.3 Å². The van der Waals surface area contributed by atoms with Crippen molar-refractivity contribution in [3.63, 3.8) is 0 Å². The van der Waals surface area contributed by atoms with Crippen LogP contribution in [0.15, 0.2) is 24.3 Å². The Balaban J connectivity index is 2.38. The SMILES string of the molecule is CCC1(C(=O)O)CCCN1C(=O)c1ccccc1O. The minimum atomic E-state index is -1.14. The van der Waals surface area contributed by atoms with Crippen molar-refractivity contribution < 1.29 is 19.8 Å². The molecule has 1 unspecified atom stereocenters. The molecule has 1 saturated heterocycles. The third-order valence-corrected chi connectivity index (χ3v) is 3.85. The van der Waals surface area contributed by atoms with Crippen molar-refractivity contribution in [1.82, 2.24) is 4.90 Å². The van der Waals surface area contributed by atoms with Gasteiger partial charge in [0.15, 0.2) is 0 Å². The first-order valence-electron chi connectivity index (χ1n) is 6.36. The summed E-state index contributed by atoms with van der Waals surface area (Å²) in [7, 11) is 0. The van der Waals surface area contributed by atoms with Gasteiger partial charge in [0.25, 0.3) is 5.91 Å². The Kier molecular flexibility index (Phi) is 3.46. The highest BCUT2D eigenvalue weighted by atomic mass is 16.4. The number of phenolic OH excluding ortho intramolecular Hbond substituents is 1. The van der Waals surface area contributed by atoms with E-state index in [9.17, 15) is 19.8 Å². The van der Waals surface area contributed by atoms with Crippen LogP contribution in [0.2, 0.25) is 0 Å². The van der Waals surface area contributed by atoms with Gasteiger partial charge >= 0.3 is 5.97 Å². The summed E-state index contributed by atoms with van der Waals surface area (Å²) in [6.45, 7) is 2.18. The van der Waals surface area contributed by atoms with E-state index >= 15 is 0 Å². The van der Waals surface area contributed by atoms with Gasteiger partial charge in [-0.3, -0.25) is 4.79 Å². The summed E-state index contributed by atoms with van der Waals surface area (Å²) in [5, 5.41) is 19.2. The molecule has 1 amide bonds. The van der Waals surface area contributed by atoms with E-state index in [2.05, 4.69) is 0 Å². The van der Waals surface area contributed by atoms with Crippen molar-refractivity contribution in [3.05, 3.63) is 29.8 Å². The van der Waals surface area contributed by atoms with E-state index in [0.717, 1.165) is 0 Å². The Labute approximate surface area is 111 Å². The minimum Gasteiger partial charge on any atom is -0.507 e. The van der Waals surface area contributed by atoms with Gasteiger partial charge in [-0.15, -0.1) is 0 Å². The molecule has 0 bridgehead atoms. The molecule has 0 saturated carbocycles. The Morgan fingerprint density at radius 2 is 2.05 bits per heavy atom. The van der Waals surface area contributed by atoms with Gasteiger partial charge in [0.05, 0.1) is 5.56 Å². The van der Waals surface area contributed by atoms with Crippen LogP contribution >= 0.6 is 0 Å². The first-order chi connectivity index (χ1) is 9.03. The van der Waals surface area contributed by atoms with E-state index in [-0.39, 0.29) is 11.3 Å². The number of carboxylic acid groups (broad SMARTS) is 1. The van der Waals surface area contributed by atoms with Crippen LogP contribution in [-0.4, -0.2) is 39.1 Å². The Morgan fingerprint density at radius 3 is 2.63 bits per heavy atom. The number of para-hydroxylation sites is 1.